The molecule has 0 aromatic heterocycles. The number of allylic oxidation sites excluding steroid dienone is 20. The summed E-state index contributed by atoms with van der Waals surface area (Å²) < 4.78 is 16.8. The second-order valence-corrected chi connectivity index (χ2v) is 18.5. The SMILES string of the molecule is CC/C=C\C/C=C\C/C=C\C/C=C\C/C=C\C/C=C\C/C=C\C/C=C\CCCCC(=O)OCC(COC(=O)CCCCCCC/C=C\CCCCC)OC(=O)CCCCCCC/C=C\CCCCCC. The third-order valence-electron chi connectivity index (χ3n) is 11.7. The van der Waals surface area contributed by atoms with Crippen molar-refractivity contribution in [1.29, 1.82) is 0 Å². The van der Waals surface area contributed by atoms with Crippen LogP contribution in [0.3, 0.4) is 0 Å². The molecule has 0 bridgehead atoms. The van der Waals surface area contributed by atoms with Crippen molar-refractivity contribution in [2.75, 3.05) is 13.2 Å². The first-order valence-corrected chi connectivity index (χ1v) is 28.5. The van der Waals surface area contributed by atoms with Crippen LogP contribution in [0.15, 0.2) is 122 Å². The Kier molecular flexibility index (Phi) is 54.0. The van der Waals surface area contributed by atoms with E-state index in [0.717, 1.165) is 128 Å². The minimum Gasteiger partial charge on any atom is -0.462 e. The highest BCUT2D eigenvalue weighted by molar-refractivity contribution is 5.71. The Morgan fingerprint density at radius 1 is 0.300 bits per heavy atom. The average Bonchev–Trinajstić information content (AvgIpc) is 3.36. The van der Waals surface area contributed by atoms with E-state index in [4.69, 9.17) is 14.2 Å². The lowest BCUT2D eigenvalue weighted by Gasteiger charge is -2.18. The third-order valence-corrected chi connectivity index (χ3v) is 11.7. The third kappa shape index (κ3) is 54.7. The van der Waals surface area contributed by atoms with Gasteiger partial charge in [-0.05, 0) is 135 Å². The highest BCUT2D eigenvalue weighted by atomic mass is 16.6. The molecule has 0 aromatic carbocycles. The van der Waals surface area contributed by atoms with E-state index in [-0.39, 0.29) is 31.1 Å². The van der Waals surface area contributed by atoms with Gasteiger partial charge in [0.1, 0.15) is 13.2 Å². The fourth-order valence-corrected chi connectivity index (χ4v) is 7.39. The Hall–Kier alpha value is -4.19. The monoisotopic (exact) mass is 969 g/mol. The summed E-state index contributed by atoms with van der Waals surface area (Å²) in [5, 5.41) is 0. The molecule has 0 aliphatic rings. The summed E-state index contributed by atoms with van der Waals surface area (Å²) in [5.74, 6) is -0.969. The summed E-state index contributed by atoms with van der Waals surface area (Å²) in [4.78, 5) is 38.0. The van der Waals surface area contributed by atoms with Gasteiger partial charge in [-0.1, -0.05) is 213 Å². The van der Waals surface area contributed by atoms with E-state index in [9.17, 15) is 14.4 Å². The molecule has 6 heteroatoms. The largest absolute Gasteiger partial charge is 0.462 e. The fraction of sp³-hybridized carbons (Fsp3) is 0.641. The van der Waals surface area contributed by atoms with Crippen LogP contribution in [0.4, 0.5) is 0 Å². The van der Waals surface area contributed by atoms with Gasteiger partial charge in [-0.15, -0.1) is 0 Å². The van der Waals surface area contributed by atoms with Crippen LogP contribution in [0.2, 0.25) is 0 Å². The van der Waals surface area contributed by atoms with Crippen molar-refractivity contribution in [3.8, 4) is 0 Å². The molecule has 0 aliphatic heterocycles. The molecular weight excluding hydrogens is 865 g/mol. The summed E-state index contributed by atoms with van der Waals surface area (Å²) in [6, 6.07) is 0. The molecule has 0 rings (SSSR count). The van der Waals surface area contributed by atoms with Crippen molar-refractivity contribution >= 4 is 17.9 Å². The Morgan fingerprint density at radius 2 is 0.557 bits per heavy atom. The molecule has 0 aliphatic carbocycles. The van der Waals surface area contributed by atoms with E-state index in [0.29, 0.717) is 25.7 Å². The molecule has 0 spiro atoms. The summed E-state index contributed by atoms with van der Waals surface area (Å²) in [6.07, 6.45) is 79.1. The molecule has 0 saturated heterocycles. The van der Waals surface area contributed by atoms with Crippen LogP contribution in [0.1, 0.15) is 245 Å². The standard InChI is InChI=1S/C64H104O6/c1-4-7-10-13-16-19-22-25-26-27-28-29-30-31-32-33-34-35-36-37-38-40-42-45-48-51-54-57-63(66)69-60-61(59-68-62(65)56-53-50-47-44-41-24-21-18-15-12-9-6-3)70-64(67)58-55-52-49-46-43-39-23-20-17-14-11-8-5-2/h7,10,16,18-21,23,25-26,28-29,31-32,34-35,37-38,42,45,61H,4-6,8-9,11-15,17,22,24,27,30,33,36,39-41,43-44,46-60H2,1-3H3/b10-7-,19-16-,21-18-,23-20-,26-25-,29-28-,32-31-,35-34-,38-37-,45-42-. The molecule has 396 valence electrons. The van der Waals surface area contributed by atoms with E-state index in [2.05, 4.69) is 142 Å². The van der Waals surface area contributed by atoms with E-state index in [1.807, 2.05) is 0 Å². The van der Waals surface area contributed by atoms with Crippen LogP contribution < -0.4 is 0 Å². The second kappa shape index (κ2) is 57.4. The topological polar surface area (TPSA) is 78.9 Å². The number of rotatable bonds is 50. The molecule has 6 nitrogen and oxygen atoms in total. The molecule has 0 aromatic rings. The fourth-order valence-electron chi connectivity index (χ4n) is 7.39. The van der Waals surface area contributed by atoms with Gasteiger partial charge in [0.2, 0.25) is 0 Å². The average molecular weight is 970 g/mol. The van der Waals surface area contributed by atoms with E-state index in [1.54, 1.807) is 0 Å². The van der Waals surface area contributed by atoms with Gasteiger partial charge < -0.3 is 14.2 Å². The molecule has 0 amide bonds. The van der Waals surface area contributed by atoms with E-state index < -0.39 is 6.10 Å². The first kappa shape index (κ1) is 65.8. The smallest absolute Gasteiger partial charge is 0.306 e. The highest BCUT2D eigenvalue weighted by Crippen LogP contribution is 2.13. The lowest BCUT2D eigenvalue weighted by molar-refractivity contribution is -0.167. The van der Waals surface area contributed by atoms with Crippen molar-refractivity contribution < 1.29 is 28.6 Å². The van der Waals surface area contributed by atoms with E-state index >= 15 is 0 Å². The number of carbonyl (C=O) groups is 3. The molecule has 0 heterocycles. The molecule has 0 N–H and O–H groups in total. The zero-order valence-corrected chi connectivity index (χ0v) is 45.2. The van der Waals surface area contributed by atoms with Crippen molar-refractivity contribution in [1.82, 2.24) is 0 Å². The summed E-state index contributed by atoms with van der Waals surface area (Å²) >= 11 is 0. The first-order valence-electron chi connectivity index (χ1n) is 28.5. The number of ether oxygens (including phenoxy) is 3. The van der Waals surface area contributed by atoms with Gasteiger partial charge in [0, 0.05) is 19.3 Å². The minimum atomic E-state index is -0.806. The van der Waals surface area contributed by atoms with Crippen LogP contribution in [0.25, 0.3) is 0 Å². The Bertz CT molecular complexity index is 1490. The predicted molar refractivity (Wildman–Crippen MR) is 302 cm³/mol. The molecular formula is C64H104O6. The maximum atomic E-state index is 12.8. The minimum absolute atomic E-state index is 0.102. The molecule has 0 saturated carbocycles. The molecule has 0 fully saturated rings. The first-order chi connectivity index (χ1) is 34.5. The summed E-state index contributed by atoms with van der Waals surface area (Å²) in [5.41, 5.74) is 0. The van der Waals surface area contributed by atoms with Crippen LogP contribution in [-0.2, 0) is 28.6 Å². The van der Waals surface area contributed by atoms with Gasteiger partial charge in [0.25, 0.3) is 0 Å². The number of hydrogen-bond acceptors (Lipinski definition) is 6. The quantitative estimate of drug-likeness (QED) is 0.0262. The van der Waals surface area contributed by atoms with Crippen molar-refractivity contribution in [3.05, 3.63) is 122 Å². The predicted octanol–water partition coefficient (Wildman–Crippen LogP) is 19.3. The number of hydrogen-bond donors (Lipinski definition) is 0. The zero-order valence-electron chi connectivity index (χ0n) is 45.2. The number of carbonyl (C=O) groups excluding carboxylic acids is 3. The normalized spacial score (nSPS) is 13.0. The lowest BCUT2D eigenvalue weighted by atomic mass is 10.1. The van der Waals surface area contributed by atoms with E-state index in [1.165, 1.54) is 70.6 Å². The highest BCUT2D eigenvalue weighted by Gasteiger charge is 2.19. The molecule has 1 atom stereocenters. The number of unbranched alkanes of at least 4 members (excludes halogenated alkanes) is 19. The van der Waals surface area contributed by atoms with Gasteiger partial charge in [-0.25, -0.2) is 0 Å². The van der Waals surface area contributed by atoms with Crippen LogP contribution in [0.5, 0.6) is 0 Å². The van der Waals surface area contributed by atoms with Gasteiger partial charge >= 0.3 is 17.9 Å². The maximum Gasteiger partial charge on any atom is 0.306 e. The summed E-state index contributed by atoms with van der Waals surface area (Å²) in [7, 11) is 0. The van der Waals surface area contributed by atoms with Gasteiger partial charge in [-0.2, -0.15) is 0 Å². The lowest BCUT2D eigenvalue weighted by Crippen LogP contribution is -2.30. The Labute approximate surface area is 431 Å². The maximum absolute atomic E-state index is 12.8. The van der Waals surface area contributed by atoms with Gasteiger partial charge in [0.15, 0.2) is 6.10 Å². The molecule has 0 radical (unpaired) electrons. The zero-order chi connectivity index (χ0) is 50.7. The van der Waals surface area contributed by atoms with Crippen molar-refractivity contribution in [3.63, 3.8) is 0 Å². The Balaban J connectivity index is 4.41. The van der Waals surface area contributed by atoms with Crippen molar-refractivity contribution in [2.45, 2.75) is 252 Å². The summed E-state index contributed by atoms with van der Waals surface area (Å²) in [6.45, 7) is 6.42. The van der Waals surface area contributed by atoms with Crippen LogP contribution in [0, 0.1) is 0 Å². The van der Waals surface area contributed by atoms with Crippen LogP contribution >= 0.6 is 0 Å². The molecule has 70 heavy (non-hydrogen) atoms. The van der Waals surface area contributed by atoms with Gasteiger partial charge in [-0.3, -0.25) is 14.4 Å². The van der Waals surface area contributed by atoms with Crippen molar-refractivity contribution in [2.24, 2.45) is 0 Å². The molecule has 1 unspecified atom stereocenters. The van der Waals surface area contributed by atoms with Crippen LogP contribution in [-0.4, -0.2) is 37.2 Å². The second-order valence-electron chi connectivity index (χ2n) is 18.5. The Morgan fingerprint density at radius 3 is 0.943 bits per heavy atom. The number of esters is 3. The van der Waals surface area contributed by atoms with Gasteiger partial charge in [0.05, 0.1) is 0 Å².